The molecule has 0 spiro atoms. The van der Waals surface area contributed by atoms with Crippen LogP contribution >= 0.6 is 0 Å². The van der Waals surface area contributed by atoms with E-state index >= 15 is 0 Å². The first-order valence-electron chi connectivity index (χ1n) is 5.27. The first-order chi connectivity index (χ1) is 7.43. The van der Waals surface area contributed by atoms with E-state index in [1.54, 1.807) is 6.92 Å². The Morgan fingerprint density at radius 3 is 2.38 bits per heavy atom. The summed E-state index contributed by atoms with van der Waals surface area (Å²) in [4.78, 5) is 22.6. The minimum atomic E-state index is -1.34. The van der Waals surface area contributed by atoms with Crippen LogP contribution in [0.3, 0.4) is 0 Å². The van der Waals surface area contributed by atoms with Crippen LogP contribution < -0.4 is 11.1 Å². The zero-order valence-electron chi connectivity index (χ0n) is 9.90. The highest BCUT2D eigenvalue weighted by Crippen LogP contribution is 2.00. The molecule has 0 aliphatic heterocycles. The maximum absolute atomic E-state index is 11.5. The summed E-state index contributed by atoms with van der Waals surface area (Å²) in [5, 5.41) is 11.5. The quantitative estimate of drug-likeness (QED) is 0.403. The van der Waals surface area contributed by atoms with E-state index < -0.39 is 24.0 Å². The van der Waals surface area contributed by atoms with Crippen molar-refractivity contribution in [1.82, 2.24) is 5.32 Å². The van der Waals surface area contributed by atoms with Gasteiger partial charge in [-0.3, -0.25) is 4.79 Å². The Balaban J connectivity index is 4.28. The number of nitrogens with two attached hydrogens (primary N) is 1. The molecule has 0 saturated carbocycles. The molecule has 0 aromatic carbocycles. The lowest BCUT2D eigenvalue weighted by Gasteiger charge is -2.21. The van der Waals surface area contributed by atoms with Crippen LogP contribution in [0.5, 0.6) is 0 Å². The van der Waals surface area contributed by atoms with E-state index in [0.717, 1.165) is 0 Å². The van der Waals surface area contributed by atoms with Crippen molar-refractivity contribution in [3.8, 4) is 0 Å². The molecule has 0 aliphatic rings. The van der Waals surface area contributed by atoms with E-state index in [0.29, 0.717) is 0 Å². The van der Waals surface area contributed by atoms with Crippen LogP contribution in [0.4, 0.5) is 0 Å². The van der Waals surface area contributed by atoms with E-state index in [1.165, 1.54) is 0 Å². The number of esters is 1. The summed E-state index contributed by atoms with van der Waals surface area (Å²) in [7, 11) is 0. The number of hydrogen-bond donors (Lipinski definition) is 3. The molecule has 6 nitrogen and oxygen atoms in total. The van der Waals surface area contributed by atoms with Gasteiger partial charge in [0.25, 0.3) is 0 Å². The second kappa shape index (κ2) is 7.19. The molecule has 0 heterocycles. The number of aliphatic hydroxyl groups excluding tert-OH is 1. The molecular weight excluding hydrogens is 212 g/mol. The van der Waals surface area contributed by atoms with Crippen LogP contribution in [0.1, 0.15) is 20.8 Å². The average Bonchev–Trinajstić information content (AvgIpc) is 2.24. The molecule has 6 heteroatoms. The Morgan fingerprint density at radius 1 is 1.44 bits per heavy atom. The molecule has 0 fully saturated rings. The summed E-state index contributed by atoms with van der Waals surface area (Å²) in [6, 6.07) is -1.75. The zero-order chi connectivity index (χ0) is 12.7. The molecule has 0 aromatic heterocycles. The van der Waals surface area contributed by atoms with Gasteiger partial charge >= 0.3 is 5.97 Å². The van der Waals surface area contributed by atoms with Crippen LogP contribution in [-0.2, 0) is 14.3 Å². The van der Waals surface area contributed by atoms with E-state index in [-0.39, 0.29) is 19.1 Å². The van der Waals surface area contributed by atoms with Gasteiger partial charge in [0.2, 0.25) is 5.91 Å². The van der Waals surface area contributed by atoms with Crippen molar-refractivity contribution in [1.29, 1.82) is 0 Å². The van der Waals surface area contributed by atoms with Gasteiger partial charge in [0, 0.05) is 0 Å². The first kappa shape index (κ1) is 14.9. The Morgan fingerprint density at radius 2 is 2.00 bits per heavy atom. The summed E-state index contributed by atoms with van der Waals surface area (Å²) in [5.41, 5.74) is 5.38. The Kier molecular flexibility index (Phi) is 6.67. The second-order valence-corrected chi connectivity index (χ2v) is 3.77. The van der Waals surface area contributed by atoms with Gasteiger partial charge in [0.05, 0.1) is 19.3 Å². The molecule has 2 unspecified atom stereocenters. The lowest BCUT2D eigenvalue weighted by atomic mass is 10.1. The maximum Gasteiger partial charge on any atom is 0.332 e. The van der Waals surface area contributed by atoms with Gasteiger partial charge in [0.15, 0.2) is 6.04 Å². The van der Waals surface area contributed by atoms with Crippen molar-refractivity contribution >= 4 is 11.9 Å². The predicted octanol–water partition coefficient (Wildman–Crippen LogP) is -0.990. The fraction of sp³-hybridized carbons (Fsp3) is 0.800. The fourth-order valence-electron chi connectivity index (χ4n) is 1.03. The largest absolute Gasteiger partial charge is 0.464 e. The van der Waals surface area contributed by atoms with E-state index in [2.05, 4.69) is 10.1 Å². The molecule has 1 amide bonds. The summed E-state index contributed by atoms with van der Waals surface area (Å²) in [6.45, 7) is 5.30. The van der Waals surface area contributed by atoms with Gasteiger partial charge in [-0.05, 0) is 12.8 Å². The third kappa shape index (κ3) is 4.59. The smallest absolute Gasteiger partial charge is 0.332 e. The molecule has 94 valence electrons. The van der Waals surface area contributed by atoms with Crippen LogP contribution in [0.25, 0.3) is 0 Å². The average molecular weight is 232 g/mol. The van der Waals surface area contributed by atoms with Crippen molar-refractivity contribution in [2.24, 2.45) is 11.7 Å². The van der Waals surface area contributed by atoms with Gasteiger partial charge in [0.1, 0.15) is 0 Å². The topological polar surface area (TPSA) is 102 Å². The van der Waals surface area contributed by atoms with Gasteiger partial charge in [-0.25, -0.2) is 4.79 Å². The zero-order valence-corrected chi connectivity index (χ0v) is 9.90. The van der Waals surface area contributed by atoms with Gasteiger partial charge in [-0.1, -0.05) is 13.8 Å². The molecule has 16 heavy (non-hydrogen) atoms. The normalized spacial score (nSPS) is 14.4. The minimum absolute atomic E-state index is 0.0587. The lowest BCUT2D eigenvalue weighted by Crippen LogP contribution is -2.52. The number of rotatable bonds is 6. The molecule has 0 bridgehead atoms. The number of amides is 1. The van der Waals surface area contributed by atoms with E-state index in [1.807, 2.05) is 13.8 Å². The molecule has 0 rings (SSSR count). The van der Waals surface area contributed by atoms with Crippen LogP contribution in [0.15, 0.2) is 0 Å². The highest BCUT2D eigenvalue weighted by atomic mass is 16.5. The maximum atomic E-state index is 11.5. The molecule has 0 radical (unpaired) electrons. The summed E-state index contributed by atoms with van der Waals surface area (Å²) >= 11 is 0. The third-order valence-corrected chi connectivity index (χ3v) is 2.15. The van der Waals surface area contributed by atoms with E-state index in [4.69, 9.17) is 10.8 Å². The molecule has 0 aliphatic carbocycles. The SMILES string of the molecule is CCOC(=O)C(N)C(=O)NC(CO)C(C)C. The van der Waals surface area contributed by atoms with Crippen LogP contribution in [0, 0.1) is 5.92 Å². The van der Waals surface area contributed by atoms with Crippen molar-refractivity contribution in [2.45, 2.75) is 32.9 Å². The van der Waals surface area contributed by atoms with Gasteiger partial charge < -0.3 is 20.9 Å². The van der Waals surface area contributed by atoms with Crippen molar-refractivity contribution in [2.75, 3.05) is 13.2 Å². The Labute approximate surface area is 95.1 Å². The number of carbonyl (C=O) groups excluding carboxylic acids is 2. The molecule has 0 saturated heterocycles. The number of aliphatic hydroxyl groups is 1. The van der Waals surface area contributed by atoms with Crippen molar-refractivity contribution in [3.63, 3.8) is 0 Å². The second-order valence-electron chi connectivity index (χ2n) is 3.77. The lowest BCUT2D eigenvalue weighted by molar-refractivity contribution is -0.148. The number of ether oxygens (including phenoxy) is 1. The van der Waals surface area contributed by atoms with E-state index in [9.17, 15) is 9.59 Å². The number of hydrogen-bond acceptors (Lipinski definition) is 5. The predicted molar refractivity (Wildman–Crippen MR) is 58.5 cm³/mol. The van der Waals surface area contributed by atoms with Crippen LogP contribution in [0.2, 0.25) is 0 Å². The Bertz CT molecular complexity index is 243. The fourth-order valence-corrected chi connectivity index (χ4v) is 1.03. The third-order valence-electron chi connectivity index (χ3n) is 2.15. The molecule has 4 N–H and O–H groups in total. The summed E-state index contributed by atoms with van der Waals surface area (Å²) in [6.07, 6.45) is 0. The highest BCUT2D eigenvalue weighted by molar-refractivity contribution is 6.01. The number of nitrogens with one attached hydrogen (secondary N) is 1. The van der Waals surface area contributed by atoms with Crippen LogP contribution in [-0.4, -0.2) is 42.3 Å². The van der Waals surface area contributed by atoms with Crippen molar-refractivity contribution < 1.29 is 19.4 Å². The Hall–Kier alpha value is -1.14. The highest BCUT2D eigenvalue weighted by Gasteiger charge is 2.26. The van der Waals surface area contributed by atoms with Gasteiger partial charge in [-0.2, -0.15) is 0 Å². The standard InChI is InChI=1S/C10H20N2O4/c1-4-16-10(15)8(11)9(14)12-7(5-13)6(2)3/h6-8,13H,4-5,11H2,1-3H3,(H,12,14). The summed E-state index contributed by atoms with van der Waals surface area (Å²) in [5.74, 6) is -1.34. The number of carbonyl (C=O) groups is 2. The summed E-state index contributed by atoms with van der Waals surface area (Å²) < 4.78 is 4.61. The monoisotopic (exact) mass is 232 g/mol. The first-order valence-corrected chi connectivity index (χ1v) is 5.27. The molecule has 0 aromatic rings. The molecule has 2 atom stereocenters. The van der Waals surface area contributed by atoms with Gasteiger partial charge in [-0.15, -0.1) is 0 Å². The minimum Gasteiger partial charge on any atom is -0.464 e. The molecular formula is C10H20N2O4. The van der Waals surface area contributed by atoms with Crippen molar-refractivity contribution in [3.05, 3.63) is 0 Å².